The van der Waals surface area contributed by atoms with Crippen molar-refractivity contribution in [1.29, 1.82) is 0 Å². The highest BCUT2D eigenvalue weighted by molar-refractivity contribution is 9.11. The summed E-state index contributed by atoms with van der Waals surface area (Å²) >= 11 is 4.76. The largest absolute Gasteiger partial charge is 0.409 e. The molecule has 0 aliphatic rings. The van der Waals surface area contributed by atoms with Crippen molar-refractivity contribution in [1.82, 2.24) is 4.90 Å². The second kappa shape index (κ2) is 6.61. The van der Waals surface area contributed by atoms with Gasteiger partial charge in [0.05, 0.1) is 15.9 Å². The average molecular weight is 320 g/mol. The van der Waals surface area contributed by atoms with Gasteiger partial charge in [0.1, 0.15) is 0 Å². The summed E-state index contributed by atoms with van der Waals surface area (Å²) in [5.41, 5.74) is 6.04. The third-order valence-corrected chi connectivity index (χ3v) is 3.58. The molecule has 7 heteroatoms. The summed E-state index contributed by atoms with van der Waals surface area (Å²) in [6.07, 6.45) is 0.815. The van der Waals surface area contributed by atoms with Crippen molar-refractivity contribution in [2.24, 2.45) is 10.9 Å². The third-order valence-electron chi connectivity index (χ3n) is 2.08. The van der Waals surface area contributed by atoms with Gasteiger partial charge in [-0.05, 0) is 28.4 Å². The Morgan fingerprint density at radius 2 is 2.41 bits per heavy atom. The highest BCUT2D eigenvalue weighted by Gasteiger charge is 2.17. The van der Waals surface area contributed by atoms with Gasteiger partial charge in [-0.25, -0.2) is 0 Å². The van der Waals surface area contributed by atoms with Crippen LogP contribution in [0.15, 0.2) is 20.4 Å². The molecule has 0 atom stereocenters. The first-order chi connectivity index (χ1) is 8.08. The molecule has 0 aliphatic carbocycles. The number of thiophene rings is 1. The molecule has 0 saturated heterocycles. The van der Waals surface area contributed by atoms with Crippen LogP contribution in [0.5, 0.6) is 0 Å². The molecule has 0 aliphatic heterocycles. The van der Waals surface area contributed by atoms with Crippen molar-refractivity contribution in [2.75, 3.05) is 13.1 Å². The van der Waals surface area contributed by atoms with Crippen LogP contribution in [0.1, 0.15) is 23.7 Å². The van der Waals surface area contributed by atoms with E-state index in [1.807, 2.05) is 6.92 Å². The van der Waals surface area contributed by atoms with Gasteiger partial charge in [0, 0.05) is 11.9 Å². The predicted octanol–water partition coefficient (Wildman–Crippen LogP) is 2.11. The van der Waals surface area contributed by atoms with Gasteiger partial charge in [-0.15, -0.1) is 11.3 Å². The number of carbonyl (C=O) groups excluding carboxylic acids is 1. The molecule has 1 amide bonds. The molecule has 1 aromatic heterocycles. The molecule has 0 fully saturated rings. The van der Waals surface area contributed by atoms with E-state index in [1.165, 1.54) is 11.3 Å². The van der Waals surface area contributed by atoms with Crippen molar-refractivity contribution in [3.63, 3.8) is 0 Å². The van der Waals surface area contributed by atoms with Gasteiger partial charge >= 0.3 is 0 Å². The summed E-state index contributed by atoms with van der Waals surface area (Å²) in [4.78, 5) is 13.7. The Bertz CT molecular complexity index is 419. The molecule has 1 heterocycles. The van der Waals surface area contributed by atoms with Gasteiger partial charge in [-0.3, -0.25) is 4.79 Å². The van der Waals surface area contributed by atoms with Gasteiger partial charge in [0.15, 0.2) is 5.84 Å². The predicted molar refractivity (Wildman–Crippen MR) is 71.6 cm³/mol. The van der Waals surface area contributed by atoms with Crippen LogP contribution < -0.4 is 5.73 Å². The number of amidine groups is 1. The van der Waals surface area contributed by atoms with Crippen molar-refractivity contribution in [3.8, 4) is 0 Å². The lowest BCUT2D eigenvalue weighted by molar-refractivity contribution is 0.0778. The number of oxime groups is 1. The molecule has 0 bridgehead atoms. The van der Waals surface area contributed by atoms with Crippen molar-refractivity contribution in [3.05, 3.63) is 20.8 Å². The maximum atomic E-state index is 12.1. The molecule has 0 aromatic carbocycles. The smallest absolute Gasteiger partial charge is 0.255 e. The fourth-order valence-electron chi connectivity index (χ4n) is 1.35. The molecule has 0 saturated carbocycles. The van der Waals surface area contributed by atoms with E-state index in [9.17, 15) is 4.79 Å². The molecule has 0 spiro atoms. The number of hydrogen-bond donors (Lipinski definition) is 2. The highest BCUT2D eigenvalue weighted by Crippen LogP contribution is 2.21. The van der Waals surface area contributed by atoms with E-state index in [0.717, 1.165) is 10.2 Å². The van der Waals surface area contributed by atoms with E-state index < -0.39 is 0 Å². The molecule has 0 radical (unpaired) electrons. The maximum absolute atomic E-state index is 12.1. The first-order valence-corrected chi connectivity index (χ1v) is 6.75. The van der Waals surface area contributed by atoms with Crippen LogP contribution in [0.2, 0.25) is 0 Å². The van der Waals surface area contributed by atoms with Crippen LogP contribution in [-0.4, -0.2) is 34.9 Å². The number of nitrogens with zero attached hydrogens (tertiary/aromatic N) is 2. The summed E-state index contributed by atoms with van der Waals surface area (Å²) in [5, 5.41) is 13.2. The summed E-state index contributed by atoms with van der Waals surface area (Å²) in [6, 6.07) is 1.77. The van der Waals surface area contributed by atoms with Crippen LogP contribution in [0.3, 0.4) is 0 Å². The lowest BCUT2D eigenvalue weighted by Crippen LogP contribution is -2.38. The zero-order valence-electron chi connectivity index (χ0n) is 9.39. The van der Waals surface area contributed by atoms with E-state index >= 15 is 0 Å². The summed E-state index contributed by atoms with van der Waals surface area (Å²) < 4.78 is 0.904. The van der Waals surface area contributed by atoms with Gasteiger partial charge in [-0.2, -0.15) is 0 Å². The van der Waals surface area contributed by atoms with Crippen LogP contribution in [0.4, 0.5) is 0 Å². The van der Waals surface area contributed by atoms with Crippen LogP contribution in [0.25, 0.3) is 0 Å². The molecule has 17 heavy (non-hydrogen) atoms. The quantitative estimate of drug-likeness (QED) is 0.377. The van der Waals surface area contributed by atoms with Gasteiger partial charge in [-0.1, -0.05) is 12.1 Å². The second-order valence-electron chi connectivity index (χ2n) is 3.46. The Morgan fingerprint density at radius 1 is 1.71 bits per heavy atom. The zero-order valence-corrected chi connectivity index (χ0v) is 11.8. The maximum Gasteiger partial charge on any atom is 0.255 e. The minimum atomic E-state index is -0.111. The van der Waals surface area contributed by atoms with E-state index in [-0.39, 0.29) is 18.3 Å². The first-order valence-electron chi connectivity index (χ1n) is 5.08. The number of carbonyl (C=O) groups is 1. The minimum absolute atomic E-state index is 0.0288. The Balaban J connectivity index is 2.80. The Labute approximate surface area is 112 Å². The number of amides is 1. The van der Waals surface area contributed by atoms with Gasteiger partial charge in [0.25, 0.3) is 5.91 Å². The third kappa shape index (κ3) is 4.01. The Hall–Kier alpha value is -1.08. The van der Waals surface area contributed by atoms with E-state index in [1.54, 1.807) is 16.3 Å². The SMILES string of the molecule is CCCN(CC(N)=NO)C(=O)c1csc(Br)c1. The van der Waals surface area contributed by atoms with Gasteiger partial charge in [0.2, 0.25) is 0 Å². The first kappa shape index (κ1) is 14.0. The average Bonchev–Trinajstić information content (AvgIpc) is 2.74. The van der Waals surface area contributed by atoms with Gasteiger partial charge < -0.3 is 15.8 Å². The molecule has 1 aromatic rings. The molecule has 0 unspecified atom stereocenters. The van der Waals surface area contributed by atoms with E-state index in [2.05, 4.69) is 21.1 Å². The second-order valence-corrected chi connectivity index (χ2v) is 5.75. The van der Waals surface area contributed by atoms with Crippen molar-refractivity contribution >= 4 is 39.0 Å². The van der Waals surface area contributed by atoms with Crippen LogP contribution >= 0.6 is 27.3 Å². The fraction of sp³-hybridized carbons (Fsp3) is 0.400. The number of rotatable bonds is 5. The topological polar surface area (TPSA) is 78.9 Å². The summed E-state index contributed by atoms with van der Waals surface area (Å²) in [6.45, 7) is 2.68. The molecular formula is C10H14BrN3O2S. The molecular weight excluding hydrogens is 306 g/mol. The minimum Gasteiger partial charge on any atom is -0.409 e. The molecule has 1 rings (SSSR count). The monoisotopic (exact) mass is 319 g/mol. The van der Waals surface area contributed by atoms with Crippen molar-refractivity contribution in [2.45, 2.75) is 13.3 Å². The normalized spacial score (nSPS) is 11.5. The number of halogens is 1. The van der Waals surface area contributed by atoms with Crippen LogP contribution in [0, 0.1) is 0 Å². The molecule has 5 nitrogen and oxygen atoms in total. The standard InChI is InChI=1S/C10H14BrN3O2S/c1-2-3-14(5-9(12)13-16)10(15)7-4-8(11)17-6-7/h4,6,16H,2-3,5H2,1H3,(H2,12,13). The molecule has 3 N–H and O–H groups in total. The summed E-state index contributed by atoms with van der Waals surface area (Å²) in [5.74, 6) is -0.0819. The number of hydrogen-bond acceptors (Lipinski definition) is 4. The van der Waals surface area contributed by atoms with E-state index in [4.69, 9.17) is 10.9 Å². The highest BCUT2D eigenvalue weighted by atomic mass is 79.9. The lowest BCUT2D eigenvalue weighted by atomic mass is 10.2. The molecule has 94 valence electrons. The summed E-state index contributed by atoms with van der Waals surface area (Å²) in [7, 11) is 0. The van der Waals surface area contributed by atoms with E-state index in [0.29, 0.717) is 12.1 Å². The fourth-order valence-corrected chi connectivity index (χ4v) is 2.48. The van der Waals surface area contributed by atoms with Crippen molar-refractivity contribution < 1.29 is 10.0 Å². The number of nitrogens with two attached hydrogens (primary N) is 1. The lowest BCUT2D eigenvalue weighted by Gasteiger charge is -2.20. The van der Waals surface area contributed by atoms with Crippen LogP contribution in [-0.2, 0) is 0 Å². The Morgan fingerprint density at radius 3 is 2.88 bits per heavy atom. The zero-order chi connectivity index (χ0) is 12.8. The Kier molecular flexibility index (Phi) is 5.43.